The molecule has 0 unspecified atom stereocenters. The van der Waals surface area contributed by atoms with Gasteiger partial charge >= 0.3 is 0 Å². The fourth-order valence-electron chi connectivity index (χ4n) is 15.7. The minimum Gasteiger partial charge on any atom is -0.310 e. The van der Waals surface area contributed by atoms with Gasteiger partial charge in [-0.3, -0.25) is 0 Å². The van der Waals surface area contributed by atoms with Gasteiger partial charge < -0.3 is 9.80 Å². The highest BCUT2D eigenvalue weighted by atomic mass is 32.1. The first-order valence-corrected chi connectivity index (χ1v) is 34.4. The number of anilines is 6. The fraction of sp³-hybridized carbons (Fsp3) is 0.0330. The summed E-state index contributed by atoms with van der Waals surface area (Å²) in [7, 11) is 0. The smallest absolute Gasteiger partial charge is 0.0540 e. The van der Waals surface area contributed by atoms with Crippen molar-refractivity contribution in [2.45, 2.75) is 19.3 Å². The second-order valence-corrected chi connectivity index (χ2v) is 28.0. The Balaban J connectivity index is 0.639. The standard InChI is InChI=1S/C91H60N2S2/c1-91(2)84-33-15-13-26-74(84)75-45-44-65(56-85(75)91)92(62-20-5-3-6-21-62)66-53-61-19-9-10-24-67(61)82(55-66)70-30-18-32-79-73(70)47-49-81-83-54-60(41-52-88(83)95-90(79)81)59-37-35-57(36-38-59)58-39-42-64(43-40-58)93(63-22-7-4-8-23-63)86-51-50-71(69-25-11-12-27-76(69)86)68-29-17-31-78-72(68)46-48-80-77-28-14-16-34-87(77)94-89(78)80/h3-56H,1-2H3. The van der Waals surface area contributed by atoms with E-state index in [9.17, 15) is 0 Å². The number of rotatable bonds is 10. The Labute approximate surface area is 559 Å². The van der Waals surface area contributed by atoms with Crippen molar-refractivity contribution in [3.8, 4) is 55.6 Å². The van der Waals surface area contributed by atoms with Crippen LogP contribution in [0.3, 0.4) is 0 Å². The van der Waals surface area contributed by atoms with Crippen LogP contribution in [0.4, 0.5) is 34.1 Å². The molecular weight excluding hydrogens is 1190 g/mol. The number of hydrogen-bond donors (Lipinski definition) is 0. The first kappa shape index (κ1) is 55.3. The molecule has 0 fully saturated rings. The summed E-state index contributed by atoms with van der Waals surface area (Å²) in [5.41, 5.74) is 21.7. The molecule has 1 aliphatic rings. The van der Waals surface area contributed by atoms with Crippen LogP contribution < -0.4 is 9.80 Å². The van der Waals surface area contributed by atoms with Crippen LogP contribution >= 0.6 is 22.7 Å². The molecule has 4 heteroatoms. The van der Waals surface area contributed by atoms with Gasteiger partial charge in [0.2, 0.25) is 0 Å². The first-order valence-electron chi connectivity index (χ1n) is 32.8. The molecule has 446 valence electrons. The highest BCUT2D eigenvalue weighted by molar-refractivity contribution is 7.27. The summed E-state index contributed by atoms with van der Waals surface area (Å²) in [6.07, 6.45) is 0. The van der Waals surface area contributed by atoms with Crippen molar-refractivity contribution in [2.24, 2.45) is 0 Å². The summed E-state index contributed by atoms with van der Waals surface area (Å²) < 4.78 is 5.27. The van der Waals surface area contributed by atoms with Crippen molar-refractivity contribution in [1.29, 1.82) is 0 Å². The molecule has 19 rings (SSSR count). The number of hydrogen-bond acceptors (Lipinski definition) is 4. The monoisotopic (exact) mass is 1240 g/mol. The Kier molecular flexibility index (Phi) is 12.7. The molecule has 16 aromatic carbocycles. The van der Waals surface area contributed by atoms with Crippen LogP contribution in [0, 0.1) is 0 Å². The summed E-state index contributed by atoms with van der Waals surface area (Å²) in [6.45, 7) is 4.73. The summed E-state index contributed by atoms with van der Waals surface area (Å²) in [5.74, 6) is 0. The SMILES string of the molecule is CC1(C)c2ccccc2-c2ccc(N(c3ccccc3)c3cc(-c4cccc5c4ccc4c6cc(-c7ccc(-c8ccc(N(c9ccccc9)c9ccc(-c%10cccc%11c%10ccc%10c%12ccccc%12sc%11%10)c%10ccccc9%10)cc8)cc7)ccc6sc54)c4ccccc4c3)cc21. The third-order valence-electron chi connectivity index (χ3n) is 20.3. The van der Waals surface area contributed by atoms with Gasteiger partial charge in [0.05, 0.1) is 5.69 Å². The number of thiophene rings is 2. The summed E-state index contributed by atoms with van der Waals surface area (Å²) in [6, 6.07) is 122. The predicted molar refractivity (Wildman–Crippen MR) is 411 cm³/mol. The normalized spacial score (nSPS) is 12.6. The van der Waals surface area contributed by atoms with E-state index in [-0.39, 0.29) is 5.41 Å². The average Bonchev–Trinajstić information content (AvgIpc) is 1.33. The molecule has 95 heavy (non-hydrogen) atoms. The van der Waals surface area contributed by atoms with Crippen molar-refractivity contribution in [3.63, 3.8) is 0 Å². The Bertz CT molecular complexity index is 6120. The van der Waals surface area contributed by atoms with Crippen LogP contribution in [-0.4, -0.2) is 0 Å². The summed E-state index contributed by atoms with van der Waals surface area (Å²) >= 11 is 3.79. The van der Waals surface area contributed by atoms with Gasteiger partial charge in [-0.2, -0.15) is 0 Å². The molecule has 0 aliphatic heterocycles. The molecule has 18 aromatic rings. The zero-order valence-corrected chi connectivity index (χ0v) is 54.0. The van der Waals surface area contributed by atoms with Crippen molar-refractivity contribution < 1.29 is 0 Å². The van der Waals surface area contributed by atoms with Crippen molar-refractivity contribution >= 4 is 140 Å². The van der Waals surface area contributed by atoms with Crippen LogP contribution in [0.25, 0.3) is 139 Å². The average molecular weight is 1250 g/mol. The molecule has 0 radical (unpaired) electrons. The lowest BCUT2D eigenvalue weighted by Gasteiger charge is -2.29. The zero-order valence-electron chi connectivity index (χ0n) is 52.4. The third-order valence-corrected chi connectivity index (χ3v) is 22.7. The Morgan fingerprint density at radius 3 is 1.40 bits per heavy atom. The molecule has 0 atom stereocenters. The number of nitrogens with zero attached hydrogens (tertiary/aromatic N) is 2. The summed E-state index contributed by atoms with van der Waals surface area (Å²) in [5, 5.41) is 15.2. The number of benzene rings is 16. The number of para-hydroxylation sites is 2. The highest BCUT2D eigenvalue weighted by Crippen LogP contribution is 2.53. The van der Waals surface area contributed by atoms with Gasteiger partial charge in [0.1, 0.15) is 0 Å². The maximum absolute atomic E-state index is 2.45. The molecule has 2 heterocycles. The second kappa shape index (κ2) is 21.9. The Morgan fingerprint density at radius 2 is 0.684 bits per heavy atom. The quantitative estimate of drug-likeness (QED) is 0.135. The van der Waals surface area contributed by atoms with Crippen molar-refractivity contribution in [2.75, 3.05) is 9.80 Å². The molecule has 0 bridgehead atoms. The molecule has 0 amide bonds. The van der Waals surface area contributed by atoms with Crippen LogP contribution in [0.2, 0.25) is 0 Å². The number of fused-ring (bicyclic) bond motifs is 15. The first-order chi connectivity index (χ1) is 46.9. The van der Waals surface area contributed by atoms with E-state index in [4.69, 9.17) is 0 Å². The van der Waals surface area contributed by atoms with E-state index in [0.717, 1.165) is 34.1 Å². The van der Waals surface area contributed by atoms with Gasteiger partial charge in [0.15, 0.2) is 0 Å². The molecule has 0 saturated carbocycles. The van der Waals surface area contributed by atoms with Crippen LogP contribution in [0.5, 0.6) is 0 Å². The highest BCUT2D eigenvalue weighted by Gasteiger charge is 2.36. The molecule has 0 saturated heterocycles. The van der Waals surface area contributed by atoms with Crippen molar-refractivity contribution in [1.82, 2.24) is 0 Å². The maximum atomic E-state index is 2.45. The molecule has 2 aromatic heterocycles. The van der Waals surface area contributed by atoms with E-state index >= 15 is 0 Å². The Morgan fingerprint density at radius 1 is 0.232 bits per heavy atom. The van der Waals surface area contributed by atoms with Gasteiger partial charge in [-0.25, -0.2) is 0 Å². The van der Waals surface area contributed by atoms with E-state index in [2.05, 4.69) is 351 Å². The third kappa shape index (κ3) is 8.90. The Hall–Kier alpha value is -11.4. The maximum Gasteiger partial charge on any atom is 0.0540 e. The lowest BCUT2D eigenvalue weighted by Crippen LogP contribution is -2.16. The van der Waals surface area contributed by atoms with Crippen LogP contribution in [0.1, 0.15) is 25.0 Å². The molecule has 1 aliphatic carbocycles. The van der Waals surface area contributed by atoms with E-state index in [1.165, 1.54) is 150 Å². The van der Waals surface area contributed by atoms with E-state index in [1.807, 2.05) is 22.7 Å². The zero-order chi connectivity index (χ0) is 62.9. The van der Waals surface area contributed by atoms with Gasteiger partial charge in [-0.1, -0.05) is 257 Å². The second-order valence-electron chi connectivity index (χ2n) is 25.9. The fourth-order valence-corrected chi connectivity index (χ4v) is 18.1. The molecule has 2 nitrogen and oxygen atoms in total. The minimum absolute atomic E-state index is 0.125. The topological polar surface area (TPSA) is 6.48 Å². The molecular formula is C91H60N2S2. The predicted octanol–water partition coefficient (Wildman–Crippen LogP) is 26.9. The van der Waals surface area contributed by atoms with E-state index in [0.29, 0.717) is 0 Å². The van der Waals surface area contributed by atoms with Crippen molar-refractivity contribution in [3.05, 3.63) is 339 Å². The largest absolute Gasteiger partial charge is 0.310 e. The lowest BCUT2D eigenvalue weighted by atomic mass is 9.82. The van der Waals surface area contributed by atoms with Gasteiger partial charge in [0, 0.05) is 90.4 Å². The van der Waals surface area contributed by atoms with E-state index in [1.54, 1.807) is 0 Å². The van der Waals surface area contributed by atoms with Gasteiger partial charge in [-0.15, -0.1) is 22.7 Å². The molecule has 0 N–H and O–H groups in total. The summed E-state index contributed by atoms with van der Waals surface area (Å²) in [4.78, 5) is 4.86. The molecule has 0 spiro atoms. The lowest BCUT2D eigenvalue weighted by molar-refractivity contribution is 0.660. The van der Waals surface area contributed by atoms with Gasteiger partial charge in [-0.05, 0) is 179 Å². The van der Waals surface area contributed by atoms with E-state index < -0.39 is 0 Å². The minimum atomic E-state index is -0.125. The van der Waals surface area contributed by atoms with Crippen LogP contribution in [0.15, 0.2) is 328 Å². The van der Waals surface area contributed by atoms with Gasteiger partial charge in [0.25, 0.3) is 0 Å². The van der Waals surface area contributed by atoms with Crippen LogP contribution in [-0.2, 0) is 5.41 Å².